The van der Waals surface area contributed by atoms with Gasteiger partial charge in [0.2, 0.25) is 0 Å². The molecular formula is C13H15ClN6O. The largest absolute Gasteiger partial charge is 0.397 e. The number of anilines is 3. The molecule has 0 unspecified atom stereocenters. The Hall–Kier alpha value is -2.28. The van der Waals surface area contributed by atoms with Crippen molar-refractivity contribution in [2.75, 3.05) is 41.7 Å². The minimum absolute atomic E-state index is 0.136. The number of pyridine rings is 1. The summed E-state index contributed by atoms with van der Waals surface area (Å²) in [7, 11) is 0. The zero-order valence-corrected chi connectivity index (χ0v) is 12.0. The lowest BCUT2D eigenvalue weighted by atomic mass is 10.3. The SMILES string of the molecule is Nc1ccc(N2CCN(c3nc[nH]c(=O)c3Cl)CC2)nc1. The molecule has 0 aromatic carbocycles. The van der Waals surface area contributed by atoms with E-state index in [0.29, 0.717) is 11.5 Å². The van der Waals surface area contributed by atoms with Gasteiger partial charge < -0.3 is 20.5 Å². The van der Waals surface area contributed by atoms with Gasteiger partial charge in [0, 0.05) is 26.2 Å². The quantitative estimate of drug-likeness (QED) is 0.850. The van der Waals surface area contributed by atoms with Crippen molar-refractivity contribution in [1.82, 2.24) is 15.0 Å². The molecule has 110 valence electrons. The third-order valence-electron chi connectivity index (χ3n) is 3.45. The van der Waals surface area contributed by atoms with E-state index in [1.165, 1.54) is 6.33 Å². The van der Waals surface area contributed by atoms with Crippen molar-refractivity contribution in [1.29, 1.82) is 0 Å². The minimum atomic E-state index is -0.315. The van der Waals surface area contributed by atoms with E-state index in [9.17, 15) is 4.79 Å². The normalized spacial score (nSPS) is 15.3. The summed E-state index contributed by atoms with van der Waals surface area (Å²) in [5.74, 6) is 1.43. The van der Waals surface area contributed by atoms with Crippen LogP contribution in [0.1, 0.15) is 0 Å². The summed E-state index contributed by atoms with van der Waals surface area (Å²) in [6, 6.07) is 3.74. The summed E-state index contributed by atoms with van der Waals surface area (Å²) >= 11 is 6.01. The fourth-order valence-corrected chi connectivity index (χ4v) is 2.55. The Morgan fingerprint density at radius 2 is 1.86 bits per heavy atom. The summed E-state index contributed by atoms with van der Waals surface area (Å²) in [4.78, 5) is 26.6. The first kappa shape index (κ1) is 13.7. The van der Waals surface area contributed by atoms with Crippen molar-refractivity contribution < 1.29 is 0 Å². The molecule has 3 N–H and O–H groups in total. The van der Waals surface area contributed by atoms with Gasteiger partial charge in [0.25, 0.3) is 5.56 Å². The molecule has 0 aliphatic carbocycles. The molecule has 3 rings (SSSR count). The van der Waals surface area contributed by atoms with Crippen molar-refractivity contribution in [3.63, 3.8) is 0 Å². The van der Waals surface area contributed by atoms with Crippen LogP contribution in [0.25, 0.3) is 0 Å². The van der Waals surface area contributed by atoms with Crippen LogP contribution in [0.15, 0.2) is 29.5 Å². The first-order chi connectivity index (χ1) is 10.1. The number of aromatic nitrogens is 3. The van der Waals surface area contributed by atoms with Crippen LogP contribution in [0.5, 0.6) is 0 Å². The van der Waals surface area contributed by atoms with Gasteiger partial charge in [-0.3, -0.25) is 4.79 Å². The third-order valence-corrected chi connectivity index (χ3v) is 3.79. The monoisotopic (exact) mass is 306 g/mol. The molecule has 8 heteroatoms. The number of rotatable bonds is 2. The van der Waals surface area contributed by atoms with E-state index < -0.39 is 0 Å². The average molecular weight is 307 g/mol. The zero-order chi connectivity index (χ0) is 14.8. The summed E-state index contributed by atoms with van der Waals surface area (Å²) in [5, 5.41) is 0.136. The second kappa shape index (κ2) is 5.61. The lowest BCUT2D eigenvalue weighted by Crippen LogP contribution is -2.47. The van der Waals surface area contributed by atoms with E-state index in [1.54, 1.807) is 6.20 Å². The van der Waals surface area contributed by atoms with Crippen molar-refractivity contribution in [3.05, 3.63) is 40.0 Å². The lowest BCUT2D eigenvalue weighted by Gasteiger charge is -2.36. The number of hydrogen-bond acceptors (Lipinski definition) is 6. The van der Waals surface area contributed by atoms with Gasteiger partial charge in [-0.05, 0) is 12.1 Å². The summed E-state index contributed by atoms with van der Waals surface area (Å²) in [6.07, 6.45) is 3.02. The fraction of sp³-hybridized carbons (Fsp3) is 0.308. The molecule has 7 nitrogen and oxygen atoms in total. The fourth-order valence-electron chi connectivity index (χ4n) is 2.33. The van der Waals surface area contributed by atoms with Crippen LogP contribution in [-0.2, 0) is 0 Å². The van der Waals surface area contributed by atoms with E-state index in [0.717, 1.165) is 32.0 Å². The van der Waals surface area contributed by atoms with Gasteiger partial charge in [-0.2, -0.15) is 0 Å². The van der Waals surface area contributed by atoms with E-state index >= 15 is 0 Å². The van der Waals surface area contributed by atoms with Crippen LogP contribution in [0, 0.1) is 0 Å². The number of nitrogens with one attached hydrogen (secondary N) is 1. The molecule has 0 bridgehead atoms. The molecule has 1 aliphatic rings. The highest BCUT2D eigenvalue weighted by molar-refractivity contribution is 6.32. The van der Waals surface area contributed by atoms with Gasteiger partial charge in [-0.15, -0.1) is 0 Å². The van der Waals surface area contributed by atoms with Crippen molar-refractivity contribution in [2.45, 2.75) is 0 Å². The minimum Gasteiger partial charge on any atom is -0.397 e. The van der Waals surface area contributed by atoms with Crippen LogP contribution >= 0.6 is 11.6 Å². The molecular weight excluding hydrogens is 292 g/mol. The van der Waals surface area contributed by atoms with E-state index in [4.69, 9.17) is 17.3 Å². The molecule has 0 spiro atoms. The number of nitrogens with two attached hydrogens (primary N) is 1. The maximum atomic E-state index is 11.5. The summed E-state index contributed by atoms with van der Waals surface area (Å²) in [6.45, 7) is 3.01. The van der Waals surface area contributed by atoms with E-state index in [2.05, 4.69) is 19.9 Å². The first-order valence-electron chi connectivity index (χ1n) is 6.60. The smallest absolute Gasteiger partial charge is 0.271 e. The second-order valence-electron chi connectivity index (χ2n) is 4.79. The van der Waals surface area contributed by atoms with E-state index in [1.807, 2.05) is 17.0 Å². The Bertz CT molecular complexity index is 678. The molecule has 2 aromatic rings. The van der Waals surface area contributed by atoms with Gasteiger partial charge in [0.1, 0.15) is 10.8 Å². The highest BCUT2D eigenvalue weighted by Gasteiger charge is 2.21. The molecule has 1 saturated heterocycles. The van der Waals surface area contributed by atoms with Crippen LogP contribution in [0.2, 0.25) is 5.02 Å². The van der Waals surface area contributed by atoms with Gasteiger partial charge in [-0.1, -0.05) is 11.6 Å². The first-order valence-corrected chi connectivity index (χ1v) is 6.97. The average Bonchev–Trinajstić information content (AvgIpc) is 2.51. The summed E-state index contributed by atoms with van der Waals surface area (Å²) < 4.78 is 0. The van der Waals surface area contributed by atoms with Crippen molar-refractivity contribution in [3.8, 4) is 0 Å². The molecule has 2 aromatic heterocycles. The van der Waals surface area contributed by atoms with Gasteiger partial charge in [0.15, 0.2) is 5.82 Å². The summed E-state index contributed by atoms with van der Waals surface area (Å²) in [5.41, 5.74) is 5.97. The molecule has 21 heavy (non-hydrogen) atoms. The Balaban J connectivity index is 1.71. The lowest BCUT2D eigenvalue weighted by molar-refractivity contribution is 0.641. The Morgan fingerprint density at radius 1 is 1.14 bits per heavy atom. The number of nitrogen functional groups attached to an aromatic ring is 1. The zero-order valence-electron chi connectivity index (χ0n) is 11.3. The standard InChI is InChI=1S/C13H15ClN6O/c14-11-12(17-8-18-13(11)21)20-5-3-19(4-6-20)10-2-1-9(15)7-16-10/h1-2,7-8H,3-6,15H2,(H,17,18,21). The van der Waals surface area contributed by atoms with Crippen LogP contribution in [-0.4, -0.2) is 41.1 Å². The van der Waals surface area contributed by atoms with E-state index in [-0.39, 0.29) is 10.6 Å². The van der Waals surface area contributed by atoms with Crippen molar-refractivity contribution >= 4 is 28.9 Å². The van der Waals surface area contributed by atoms with Crippen LogP contribution < -0.4 is 21.1 Å². The molecule has 0 amide bonds. The number of aromatic amines is 1. The second-order valence-corrected chi connectivity index (χ2v) is 5.17. The third kappa shape index (κ3) is 2.78. The molecule has 0 atom stereocenters. The maximum Gasteiger partial charge on any atom is 0.271 e. The topological polar surface area (TPSA) is 91.1 Å². The number of halogens is 1. The predicted molar refractivity (Wildman–Crippen MR) is 82.9 cm³/mol. The Kier molecular flexibility index (Phi) is 3.66. The molecule has 0 radical (unpaired) electrons. The van der Waals surface area contributed by atoms with Crippen LogP contribution in [0.4, 0.5) is 17.3 Å². The molecule has 0 saturated carbocycles. The number of H-pyrrole nitrogens is 1. The highest BCUT2D eigenvalue weighted by atomic mass is 35.5. The molecule has 1 fully saturated rings. The Labute approximate surface area is 126 Å². The maximum absolute atomic E-state index is 11.5. The van der Waals surface area contributed by atoms with Crippen LogP contribution in [0.3, 0.4) is 0 Å². The van der Waals surface area contributed by atoms with Gasteiger partial charge in [0.05, 0.1) is 18.2 Å². The predicted octanol–water partition coefficient (Wildman–Crippen LogP) is 0.727. The number of piperazine rings is 1. The highest BCUT2D eigenvalue weighted by Crippen LogP contribution is 2.21. The number of hydrogen-bond donors (Lipinski definition) is 2. The van der Waals surface area contributed by atoms with Gasteiger partial charge in [-0.25, -0.2) is 9.97 Å². The Morgan fingerprint density at radius 3 is 2.52 bits per heavy atom. The molecule has 3 heterocycles. The number of nitrogens with zero attached hydrogens (tertiary/aromatic N) is 4. The molecule has 1 aliphatic heterocycles. The van der Waals surface area contributed by atoms with Crippen molar-refractivity contribution in [2.24, 2.45) is 0 Å². The van der Waals surface area contributed by atoms with Gasteiger partial charge >= 0.3 is 0 Å².